The van der Waals surface area contributed by atoms with Crippen LogP contribution >= 0.6 is 11.6 Å². The van der Waals surface area contributed by atoms with Gasteiger partial charge >= 0.3 is 0 Å². The van der Waals surface area contributed by atoms with E-state index < -0.39 is 0 Å². The standard InChI is InChI=1S/C10H10ClN3O/c1-15-10-6-9(12)13-14(10)8-5-3-2-4-7(8)11/h2-6H,1H3,(H2,12,13). The van der Waals surface area contributed by atoms with Gasteiger partial charge in [0.05, 0.1) is 17.8 Å². The van der Waals surface area contributed by atoms with E-state index in [1.54, 1.807) is 23.9 Å². The second kappa shape index (κ2) is 3.82. The number of hydrogen-bond donors (Lipinski definition) is 1. The van der Waals surface area contributed by atoms with Crippen LogP contribution in [0.15, 0.2) is 30.3 Å². The topological polar surface area (TPSA) is 53.1 Å². The molecule has 0 aliphatic heterocycles. The fourth-order valence-electron chi connectivity index (χ4n) is 1.32. The van der Waals surface area contributed by atoms with E-state index in [0.29, 0.717) is 16.7 Å². The average molecular weight is 224 g/mol. The number of halogens is 1. The Kier molecular flexibility index (Phi) is 2.51. The summed E-state index contributed by atoms with van der Waals surface area (Å²) in [6.07, 6.45) is 0. The van der Waals surface area contributed by atoms with Crippen LogP contribution < -0.4 is 10.5 Å². The Balaban J connectivity index is 2.58. The SMILES string of the molecule is COc1cc(N)nn1-c1ccccc1Cl. The minimum absolute atomic E-state index is 0.395. The lowest BCUT2D eigenvalue weighted by Gasteiger charge is -2.06. The number of rotatable bonds is 2. The summed E-state index contributed by atoms with van der Waals surface area (Å²) >= 11 is 6.04. The molecule has 0 radical (unpaired) electrons. The molecule has 2 aromatic rings. The smallest absolute Gasteiger partial charge is 0.218 e. The first-order chi connectivity index (χ1) is 7.22. The molecule has 0 aliphatic carbocycles. The normalized spacial score (nSPS) is 10.3. The van der Waals surface area contributed by atoms with Crippen molar-refractivity contribution in [3.63, 3.8) is 0 Å². The number of aromatic nitrogens is 2. The molecular weight excluding hydrogens is 214 g/mol. The molecule has 15 heavy (non-hydrogen) atoms. The van der Waals surface area contributed by atoms with E-state index in [1.807, 2.05) is 18.2 Å². The minimum atomic E-state index is 0.395. The summed E-state index contributed by atoms with van der Waals surface area (Å²) in [6, 6.07) is 9.00. The van der Waals surface area contributed by atoms with Crippen molar-refractivity contribution < 1.29 is 4.74 Å². The minimum Gasteiger partial charge on any atom is -0.481 e. The van der Waals surface area contributed by atoms with Gasteiger partial charge in [0.25, 0.3) is 0 Å². The molecule has 0 saturated carbocycles. The highest BCUT2D eigenvalue weighted by molar-refractivity contribution is 6.32. The van der Waals surface area contributed by atoms with Gasteiger partial charge in [0.15, 0.2) is 0 Å². The number of nitrogens with two attached hydrogens (primary N) is 1. The summed E-state index contributed by atoms with van der Waals surface area (Å²) in [5, 5.41) is 4.69. The highest BCUT2D eigenvalue weighted by Crippen LogP contribution is 2.25. The zero-order valence-corrected chi connectivity index (χ0v) is 8.90. The monoisotopic (exact) mass is 223 g/mol. The summed E-state index contributed by atoms with van der Waals surface area (Å²) in [5.41, 5.74) is 6.33. The molecule has 2 rings (SSSR count). The van der Waals surface area contributed by atoms with Crippen LogP contribution in [0.3, 0.4) is 0 Å². The third-order valence-electron chi connectivity index (χ3n) is 1.99. The number of nitrogen functional groups attached to an aromatic ring is 1. The average Bonchev–Trinajstić information content (AvgIpc) is 2.60. The van der Waals surface area contributed by atoms with Gasteiger partial charge in [0.2, 0.25) is 5.88 Å². The van der Waals surface area contributed by atoms with Crippen LogP contribution in [0, 0.1) is 0 Å². The number of anilines is 1. The van der Waals surface area contributed by atoms with Gasteiger partial charge in [-0.3, -0.25) is 0 Å². The van der Waals surface area contributed by atoms with Gasteiger partial charge in [0.1, 0.15) is 5.82 Å². The highest BCUT2D eigenvalue weighted by Gasteiger charge is 2.10. The first-order valence-electron chi connectivity index (χ1n) is 4.37. The Hall–Kier alpha value is -1.68. The van der Waals surface area contributed by atoms with Crippen molar-refractivity contribution in [3.8, 4) is 11.6 Å². The molecule has 0 spiro atoms. The lowest BCUT2D eigenvalue weighted by molar-refractivity contribution is 0.383. The Morgan fingerprint density at radius 2 is 2.13 bits per heavy atom. The molecule has 1 aromatic carbocycles. The van der Waals surface area contributed by atoms with Gasteiger partial charge in [-0.2, -0.15) is 4.68 Å². The molecule has 0 fully saturated rings. The molecule has 5 heteroatoms. The van der Waals surface area contributed by atoms with E-state index in [1.165, 1.54) is 0 Å². The summed E-state index contributed by atoms with van der Waals surface area (Å²) in [7, 11) is 1.56. The van der Waals surface area contributed by atoms with E-state index in [4.69, 9.17) is 22.1 Å². The third-order valence-corrected chi connectivity index (χ3v) is 2.30. The van der Waals surface area contributed by atoms with Gasteiger partial charge in [-0.1, -0.05) is 23.7 Å². The van der Waals surface area contributed by atoms with Crippen LogP contribution in [0.25, 0.3) is 5.69 Å². The van der Waals surface area contributed by atoms with Gasteiger partial charge in [-0.05, 0) is 12.1 Å². The molecule has 4 nitrogen and oxygen atoms in total. The number of benzene rings is 1. The van der Waals surface area contributed by atoms with Crippen LogP contribution in [0.1, 0.15) is 0 Å². The first kappa shape index (κ1) is 9.86. The van der Waals surface area contributed by atoms with E-state index in [-0.39, 0.29) is 0 Å². The van der Waals surface area contributed by atoms with Crippen LogP contribution in [-0.2, 0) is 0 Å². The Bertz CT molecular complexity index is 481. The van der Waals surface area contributed by atoms with Crippen LogP contribution in [-0.4, -0.2) is 16.9 Å². The molecule has 0 amide bonds. The van der Waals surface area contributed by atoms with Gasteiger partial charge < -0.3 is 10.5 Å². The van der Waals surface area contributed by atoms with E-state index >= 15 is 0 Å². The molecule has 0 aliphatic rings. The third kappa shape index (κ3) is 1.76. The van der Waals surface area contributed by atoms with E-state index in [9.17, 15) is 0 Å². The quantitative estimate of drug-likeness (QED) is 0.849. The largest absolute Gasteiger partial charge is 0.481 e. The number of ether oxygens (including phenoxy) is 1. The summed E-state index contributed by atoms with van der Waals surface area (Å²) < 4.78 is 6.70. The van der Waals surface area contributed by atoms with Crippen molar-refractivity contribution in [3.05, 3.63) is 35.4 Å². The first-order valence-corrected chi connectivity index (χ1v) is 4.74. The maximum absolute atomic E-state index is 6.04. The number of para-hydroxylation sites is 1. The number of nitrogens with zero attached hydrogens (tertiary/aromatic N) is 2. The predicted octanol–water partition coefficient (Wildman–Crippen LogP) is 2.12. The zero-order valence-electron chi connectivity index (χ0n) is 8.14. The molecule has 0 saturated heterocycles. The van der Waals surface area contributed by atoms with E-state index in [0.717, 1.165) is 5.69 Å². The second-order valence-corrected chi connectivity index (χ2v) is 3.38. The molecule has 0 atom stereocenters. The van der Waals surface area contributed by atoms with E-state index in [2.05, 4.69) is 5.10 Å². The second-order valence-electron chi connectivity index (χ2n) is 2.97. The fraction of sp³-hybridized carbons (Fsp3) is 0.100. The Labute approximate surface area is 92.2 Å². The molecule has 1 heterocycles. The number of hydrogen-bond acceptors (Lipinski definition) is 3. The summed E-state index contributed by atoms with van der Waals surface area (Å²) in [6.45, 7) is 0. The summed E-state index contributed by atoms with van der Waals surface area (Å²) in [4.78, 5) is 0. The van der Waals surface area contributed by atoms with Crippen molar-refractivity contribution in [1.82, 2.24) is 9.78 Å². The van der Waals surface area contributed by atoms with Crippen molar-refractivity contribution in [2.75, 3.05) is 12.8 Å². The highest BCUT2D eigenvalue weighted by atomic mass is 35.5. The molecule has 0 bridgehead atoms. The Morgan fingerprint density at radius 1 is 1.40 bits per heavy atom. The van der Waals surface area contributed by atoms with Crippen molar-refractivity contribution in [2.24, 2.45) is 0 Å². The Morgan fingerprint density at radius 3 is 2.80 bits per heavy atom. The summed E-state index contributed by atoms with van der Waals surface area (Å²) in [5.74, 6) is 0.951. The van der Waals surface area contributed by atoms with Gasteiger partial charge in [0, 0.05) is 6.07 Å². The van der Waals surface area contributed by atoms with Crippen molar-refractivity contribution >= 4 is 17.4 Å². The van der Waals surface area contributed by atoms with Crippen molar-refractivity contribution in [2.45, 2.75) is 0 Å². The van der Waals surface area contributed by atoms with Gasteiger partial charge in [-0.25, -0.2) is 0 Å². The molecule has 0 unspecified atom stereocenters. The lowest BCUT2D eigenvalue weighted by Crippen LogP contribution is -2.00. The fourth-order valence-corrected chi connectivity index (χ4v) is 1.54. The lowest BCUT2D eigenvalue weighted by atomic mass is 10.3. The molecular formula is C10H10ClN3O. The van der Waals surface area contributed by atoms with Crippen LogP contribution in [0.4, 0.5) is 5.82 Å². The van der Waals surface area contributed by atoms with Gasteiger partial charge in [-0.15, -0.1) is 5.10 Å². The molecule has 2 N–H and O–H groups in total. The van der Waals surface area contributed by atoms with Crippen LogP contribution in [0.2, 0.25) is 5.02 Å². The maximum atomic E-state index is 6.04. The van der Waals surface area contributed by atoms with Crippen LogP contribution in [0.5, 0.6) is 5.88 Å². The molecule has 1 aromatic heterocycles. The number of methoxy groups -OCH3 is 1. The molecule has 78 valence electrons. The van der Waals surface area contributed by atoms with Crippen molar-refractivity contribution in [1.29, 1.82) is 0 Å². The predicted molar refractivity (Wildman–Crippen MR) is 59.5 cm³/mol. The maximum Gasteiger partial charge on any atom is 0.218 e. The zero-order chi connectivity index (χ0) is 10.8.